The van der Waals surface area contributed by atoms with Crippen LogP contribution in [-0.4, -0.2) is 13.5 Å². The summed E-state index contributed by atoms with van der Waals surface area (Å²) in [5.41, 5.74) is 3.03. The SMILES string of the molecule is Cc1cscc1CNS(=O)(=O)c1cc(Cl)cc(CO)c1C. The number of aliphatic hydroxyl groups excluding tert-OH is 1. The van der Waals surface area contributed by atoms with E-state index in [2.05, 4.69) is 4.72 Å². The average Bonchev–Trinajstić information content (AvgIpc) is 2.84. The summed E-state index contributed by atoms with van der Waals surface area (Å²) in [5, 5.41) is 13.5. The fourth-order valence-corrected chi connectivity index (χ4v) is 4.45. The number of aliphatic hydroxyl groups is 1. The zero-order valence-electron chi connectivity index (χ0n) is 11.7. The summed E-state index contributed by atoms with van der Waals surface area (Å²) in [6, 6.07) is 2.97. The Balaban J connectivity index is 2.32. The van der Waals surface area contributed by atoms with Gasteiger partial charge >= 0.3 is 0 Å². The van der Waals surface area contributed by atoms with Gasteiger partial charge in [0.15, 0.2) is 0 Å². The number of hydrogen-bond donors (Lipinski definition) is 2. The second-order valence-corrected chi connectivity index (χ2v) is 7.67. The lowest BCUT2D eigenvalue weighted by atomic mass is 10.1. The van der Waals surface area contributed by atoms with Gasteiger partial charge in [0.2, 0.25) is 10.0 Å². The minimum Gasteiger partial charge on any atom is -0.392 e. The van der Waals surface area contributed by atoms with Crippen molar-refractivity contribution < 1.29 is 13.5 Å². The van der Waals surface area contributed by atoms with Crippen LogP contribution in [0.2, 0.25) is 5.02 Å². The topological polar surface area (TPSA) is 66.4 Å². The van der Waals surface area contributed by atoms with Gasteiger partial charge in [0.25, 0.3) is 0 Å². The predicted octanol–water partition coefficient (Wildman–Crippen LogP) is 2.99. The highest BCUT2D eigenvalue weighted by Crippen LogP contribution is 2.25. The number of thiophene rings is 1. The smallest absolute Gasteiger partial charge is 0.241 e. The zero-order valence-corrected chi connectivity index (χ0v) is 14.1. The van der Waals surface area contributed by atoms with Crippen molar-refractivity contribution in [2.24, 2.45) is 0 Å². The first kappa shape index (κ1) is 16.5. The fraction of sp³-hybridized carbons (Fsp3) is 0.286. The Labute approximate surface area is 133 Å². The molecule has 0 bridgehead atoms. The summed E-state index contributed by atoms with van der Waals surface area (Å²) in [6.45, 7) is 3.58. The van der Waals surface area contributed by atoms with E-state index < -0.39 is 10.0 Å². The van der Waals surface area contributed by atoms with Crippen molar-refractivity contribution in [3.05, 3.63) is 50.2 Å². The molecular formula is C14H16ClNO3S2. The molecule has 0 amide bonds. The summed E-state index contributed by atoms with van der Waals surface area (Å²) in [6.07, 6.45) is 0. The van der Waals surface area contributed by atoms with E-state index in [9.17, 15) is 13.5 Å². The second-order valence-electron chi connectivity index (χ2n) is 4.75. The molecule has 0 aliphatic rings. The van der Waals surface area contributed by atoms with Gasteiger partial charge in [-0.1, -0.05) is 11.6 Å². The molecule has 7 heteroatoms. The molecule has 0 saturated heterocycles. The van der Waals surface area contributed by atoms with E-state index in [1.54, 1.807) is 13.0 Å². The van der Waals surface area contributed by atoms with Crippen LogP contribution < -0.4 is 4.72 Å². The summed E-state index contributed by atoms with van der Waals surface area (Å²) in [4.78, 5) is 0.104. The Kier molecular flexibility index (Phi) is 5.06. The number of benzene rings is 1. The number of rotatable bonds is 5. The first-order valence-electron chi connectivity index (χ1n) is 6.26. The summed E-state index contributed by atoms with van der Waals surface area (Å²) < 4.78 is 27.4. The average molecular weight is 346 g/mol. The Bertz CT molecular complexity index is 754. The standard InChI is InChI=1S/C14H16ClNO3S2/c1-9-7-20-8-12(9)5-16-21(18,19)14-4-13(15)3-11(6-17)10(14)2/h3-4,7-8,16-17H,5-6H2,1-2H3. The van der Waals surface area contributed by atoms with Crippen LogP contribution in [0.3, 0.4) is 0 Å². The van der Waals surface area contributed by atoms with E-state index in [1.807, 2.05) is 17.7 Å². The van der Waals surface area contributed by atoms with Gasteiger partial charge in [-0.15, -0.1) is 0 Å². The Hall–Kier alpha value is -0.920. The molecule has 114 valence electrons. The molecule has 0 atom stereocenters. The highest BCUT2D eigenvalue weighted by Gasteiger charge is 2.19. The quantitative estimate of drug-likeness (QED) is 0.875. The van der Waals surface area contributed by atoms with Crippen molar-refractivity contribution in [2.75, 3.05) is 0 Å². The number of aryl methyl sites for hydroxylation is 1. The fourth-order valence-electron chi connectivity index (χ4n) is 1.97. The lowest BCUT2D eigenvalue weighted by molar-refractivity contribution is 0.280. The zero-order chi connectivity index (χ0) is 15.6. The van der Waals surface area contributed by atoms with Crippen molar-refractivity contribution in [2.45, 2.75) is 31.9 Å². The van der Waals surface area contributed by atoms with E-state index in [0.29, 0.717) is 11.1 Å². The van der Waals surface area contributed by atoms with Gasteiger partial charge in [0.05, 0.1) is 11.5 Å². The van der Waals surface area contributed by atoms with Crippen molar-refractivity contribution in [1.82, 2.24) is 4.72 Å². The predicted molar refractivity (Wildman–Crippen MR) is 85.2 cm³/mol. The summed E-state index contributed by atoms with van der Waals surface area (Å²) >= 11 is 7.47. The van der Waals surface area contributed by atoms with Gasteiger partial charge in [-0.05, 0) is 59.0 Å². The molecule has 1 aromatic carbocycles. The molecule has 0 aliphatic heterocycles. The molecular weight excluding hydrogens is 330 g/mol. The first-order chi connectivity index (χ1) is 9.85. The maximum absolute atomic E-state index is 12.4. The van der Waals surface area contributed by atoms with Gasteiger partial charge < -0.3 is 5.11 Å². The van der Waals surface area contributed by atoms with Crippen LogP contribution in [0.1, 0.15) is 22.3 Å². The summed E-state index contributed by atoms with van der Waals surface area (Å²) in [5.74, 6) is 0. The Morgan fingerprint density at radius 2 is 1.95 bits per heavy atom. The van der Waals surface area contributed by atoms with E-state index in [0.717, 1.165) is 11.1 Å². The molecule has 0 fully saturated rings. The minimum atomic E-state index is -3.68. The van der Waals surface area contributed by atoms with Gasteiger partial charge in [-0.2, -0.15) is 11.3 Å². The first-order valence-corrected chi connectivity index (χ1v) is 9.06. The number of sulfonamides is 1. The van der Waals surface area contributed by atoms with Crippen LogP contribution in [0.5, 0.6) is 0 Å². The largest absolute Gasteiger partial charge is 0.392 e. The monoisotopic (exact) mass is 345 g/mol. The van der Waals surface area contributed by atoms with Gasteiger partial charge in [-0.25, -0.2) is 13.1 Å². The van der Waals surface area contributed by atoms with Crippen LogP contribution >= 0.6 is 22.9 Å². The van der Waals surface area contributed by atoms with E-state index >= 15 is 0 Å². The van der Waals surface area contributed by atoms with Crippen LogP contribution in [0, 0.1) is 13.8 Å². The Morgan fingerprint density at radius 1 is 1.24 bits per heavy atom. The van der Waals surface area contributed by atoms with Gasteiger partial charge in [0, 0.05) is 11.6 Å². The van der Waals surface area contributed by atoms with Crippen molar-refractivity contribution in [3.63, 3.8) is 0 Å². The number of halogens is 1. The van der Waals surface area contributed by atoms with Crippen LogP contribution in [-0.2, 0) is 23.2 Å². The number of nitrogens with one attached hydrogen (secondary N) is 1. The van der Waals surface area contributed by atoms with Crippen molar-refractivity contribution >= 4 is 33.0 Å². The molecule has 0 spiro atoms. The highest BCUT2D eigenvalue weighted by atomic mass is 35.5. The molecule has 0 unspecified atom stereocenters. The van der Waals surface area contributed by atoms with Gasteiger partial charge in [-0.3, -0.25) is 0 Å². The molecule has 4 nitrogen and oxygen atoms in total. The molecule has 2 aromatic rings. The third-order valence-electron chi connectivity index (χ3n) is 3.31. The summed E-state index contributed by atoms with van der Waals surface area (Å²) in [7, 11) is -3.68. The molecule has 1 aromatic heterocycles. The Morgan fingerprint density at radius 3 is 2.52 bits per heavy atom. The maximum atomic E-state index is 12.4. The van der Waals surface area contributed by atoms with Crippen LogP contribution in [0.25, 0.3) is 0 Å². The van der Waals surface area contributed by atoms with Crippen LogP contribution in [0.15, 0.2) is 27.8 Å². The van der Waals surface area contributed by atoms with Crippen LogP contribution in [0.4, 0.5) is 0 Å². The minimum absolute atomic E-state index is 0.104. The highest BCUT2D eigenvalue weighted by molar-refractivity contribution is 7.89. The lowest BCUT2D eigenvalue weighted by Crippen LogP contribution is -2.24. The lowest BCUT2D eigenvalue weighted by Gasteiger charge is -2.12. The molecule has 0 radical (unpaired) electrons. The van der Waals surface area contributed by atoms with Gasteiger partial charge in [0.1, 0.15) is 0 Å². The van der Waals surface area contributed by atoms with Crippen molar-refractivity contribution in [3.8, 4) is 0 Å². The van der Waals surface area contributed by atoms with E-state index in [1.165, 1.54) is 17.4 Å². The third kappa shape index (κ3) is 3.64. The number of hydrogen-bond acceptors (Lipinski definition) is 4. The molecule has 2 N–H and O–H groups in total. The molecule has 2 rings (SSSR count). The normalized spacial score (nSPS) is 11.8. The second kappa shape index (κ2) is 6.46. The third-order valence-corrected chi connectivity index (χ3v) is 5.96. The molecule has 0 aliphatic carbocycles. The maximum Gasteiger partial charge on any atom is 0.241 e. The molecule has 0 saturated carbocycles. The van der Waals surface area contributed by atoms with E-state index in [4.69, 9.17) is 11.6 Å². The molecule has 1 heterocycles. The molecule has 21 heavy (non-hydrogen) atoms. The van der Waals surface area contributed by atoms with Crippen molar-refractivity contribution in [1.29, 1.82) is 0 Å². The van der Waals surface area contributed by atoms with E-state index in [-0.39, 0.29) is 23.1 Å².